The van der Waals surface area contributed by atoms with Crippen LogP contribution in [0.4, 0.5) is 0 Å². The summed E-state index contributed by atoms with van der Waals surface area (Å²) in [4.78, 5) is -0.178. The molecule has 24 heavy (non-hydrogen) atoms. The van der Waals surface area contributed by atoms with E-state index in [1.54, 1.807) is 12.1 Å². The molecule has 0 atom stereocenters. The van der Waals surface area contributed by atoms with Crippen LogP contribution in [-0.2, 0) is 23.6 Å². The summed E-state index contributed by atoms with van der Waals surface area (Å²) in [5, 5.41) is 1.31. The van der Waals surface area contributed by atoms with Gasteiger partial charge in [0.25, 0.3) is 0 Å². The number of pyridine rings is 1. The van der Waals surface area contributed by atoms with Gasteiger partial charge in [0.1, 0.15) is 17.2 Å². The first kappa shape index (κ1) is 18.1. The lowest BCUT2D eigenvalue weighted by molar-refractivity contribution is -0.652. The largest absolute Gasteiger partial charge is 0.744 e. The molecule has 0 spiro atoms. The Morgan fingerprint density at radius 1 is 0.958 bits per heavy atom. The van der Waals surface area contributed by atoms with Crippen molar-refractivity contribution in [1.29, 1.82) is 0 Å². The zero-order chi connectivity index (χ0) is 17.7. The molecule has 0 aliphatic heterocycles. The highest BCUT2D eigenvalue weighted by atomic mass is 32.2. The topological polar surface area (TPSA) is 61.1 Å². The van der Waals surface area contributed by atoms with E-state index in [-0.39, 0.29) is 4.90 Å². The number of hydrogen-bond donors (Lipinski definition) is 0. The molecule has 0 radical (unpaired) electrons. The highest BCUT2D eigenvalue weighted by Gasteiger charge is 2.07. The third-order valence-electron chi connectivity index (χ3n) is 3.86. The number of rotatable bonds is 2. The Bertz CT molecular complexity index is 932. The van der Waals surface area contributed by atoms with Gasteiger partial charge in [0, 0.05) is 23.9 Å². The van der Waals surface area contributed by atoms with Gasteiger partial charge in [-0.1, -0.05) is 36.8 Å². The Morgan fingerprint density at radius 3 is 2.17 bits per heavy atom. The fourth-order valence-corrected chi connectivity index (χ4v) is 2.92. The van der Waals surface area contributed by atoms with Gasteiger partial charge in [-0.2, -0.15) is 4.57 Å². The molecule has 0 fully saturated rings. The van der Waals surface area contributed by atoms with Crippen LogP contribution in [0.5, 0.6) is 0 Å². The molecule has 2 aromatic carbocycles. The van der Waals surface area contributed by atoms with Gasteiger partial charge >= 0.3 is 0 Å². The van der Waals surface area contributed by atoms with E-state index < -0.39 is 10.1 Å². The van der Waals surface area contributed by atoms with Crippen molar-refractivity contribution in [2.24, 2.45) is 7.05 Å². The lowest BCUT2D eigenvalue weighted by Gasteiger charge is -2.05. The van der Waals surface area contributed by atoms with Crippen LogP contribution in [0.2, 0.25) is 0 Å². The quantitative estimate of drug-likeness (QED) is 0.530. The molecule has 0 aliphatic carbocycles. The first-order chi connectivity index (χ1) is 11.3. The maximum absolute atomic E-state index is 10.4. The lowest BCUT2D eigenvalue weighted by Crippen LogP contribution is -2.33. The first-order valence-electron chi connectivity index (χ1n) is 7.72. The predicted molar refractivity (Wildman–Crippen MR) is 93.6 cm³/mol. The predicted octanol–water partition coefficient (Wildman–Crippen LogP) is 3.13. The van der Waals surface area contributed by atoms with E-state index in [0.29, 0.717) is 0 Å². The molecular formula is C19H21NO3S. The van der Waals surface area contributed by atoms with Crippen molar-refractivity contribution in [1.82, 2.24) is 0 Å². The van der Waals surface area contributed by atoms with Gasteiger partial charge in [0.2, 0.25) is 5.52 Å². The number of para-hydroxylation sites is 1. The SMILES string of the molecule is CCc1ccc2ccccc2[n+]1C.Cc1ccc(S(=O)(=O)[O-])cc1. The summed E-state index contributed by atoms with van der Waals surface area (Å²) in [7, 11) is -2.14. The molecule has 4 nitrogen and oxygen atoms in total. The molecule has 5 heteroatoms. The third-order valence-corrected chi connectivity index (χ3v) is 4.71. The van der Waals surface area contributed by atoms with Crippen molar-refractivity contribution in [2.75, 3.05) is 0 Å². The molecule has 1 heterocycles. The van der Waals surface area contributed by atoms with E-state index in [0.717, 1.165) is 12.0 Å². The zero-order valence-electron chi connectivity index (χ0n) is 14.1. The van der Waals surface area contributed by atoms with Crippen LogP contribution >= 0.6 is 0 Å². The first-order valence-corrected chi connectivity index (χ1v) is 9.13. The van der Waals surface area contributed by atoms with E-state index in [9.17, 15) is 13.0 Å². The smallest absolute Gasteiger partial charge is 0.212 e. The molecule has 126 valence electrons. The maximum Gasteiger partial charge on any atom is 0.212 e. The van der Waals surface area contributed by atoms with Crippen LogP contribution in [0.15, 0.2) is 65.6 Å². The molecule has 0 N–H and O–H groups in total. The van der Waals surface area contributed by atoms with Crippen molar-refractivity contribution >= 4 is 21.0 Å². The van der Waals surface area contributed by atoms with Gasteiger partial charge in [-0.05, 0) is 31.2 Å². The van der Waals surface area contributed by atoms with Gasteiger partial charge in [0.05, 0.1) is 4.90 Å². The molecule has 0 saturated heterocycles. The van der Waals surface area contributed by atoms with Crippen molar-refractivity contribution < 1.29 is 17.5 Å². The summed E-state index contributed by atoms with van der Waals surface area (Å²) in [5.41, 5.74) is 3.61. The summed E-state index contributed by atoms with van der Waals surface area (Å²) >= 11 is 0. The number of aryl methyl sites for hydroxylation is 3. The van der Waals surface area contributed by atoms with Gasteiger partial charge in [0.15, 0.2) is 5.69 Å². The highest BCUT2D eigenvalue weighted by molar-refractivity contribution is 7.85. The zero-order valence-corrected chi connectivity index (χ0v) is 14.9. The van der Waals surface area contributed by atoms with Crippen molar-refractivity contribution in [3.8, 4) is 0 Å². The van der Waals surface area contributed by atoms with Crippen LogP contribution in [-0.4, -0.2) is 13.0 Å². The number of benzene rings is 2. The normalized spacial score (nSPS) is 11.0. The molecular weight excluding hydrogens is 322 g/mol. The average molecular weight is 343 g/mol. The number of fused-ring (bicyclic) bond motifs is 1. The molecule has 0 bridgehead atoms. The maximum atomic E-state index is 10.4. The fraction of sp³-hybridized carbons (Fsp3) is 0.211. The Labute approximate surface area is 143 Å². The van der Waals surface area contributed by atoms with E-state index in [1.165, 1.54) is 28.7 Å². The minimum absolute atomic E-state index is 0.178. The van der Waals surface area contributed by atoms with Gasteiger partial charge in [-0.25, -0.2) is 8.42 Å². The summed E-state index contributed by atoms with van der Waals surface area (Å²) in [6.07, 6.45) is 1.08. The molecule has 3 aromatic rings. The monoisotopic (exact) mass is 343 g/mol. The van der Waals surface area contributed by atoms with Crippen molar-refractivity contribution in [3.05, 3.63) is 71.9 Å². The van der Waals surface area contributed by atoms with E-state index in [1.807, 2.05) is 6.92 Å². The van der Waals surface area contributed by atoms with Crippen LogP contribution in [0, 0.1) is 6.92 Å². The van der Waals surface area contributed by atoms with Crippen LogP contribution in [0.25, 0.3) is 10.9 Å². The van der Waals surface area contributed by atoms with Crippen molar-refractivity contribution in [2.45, 2.75) is 25.2 Å². The second-order valence-corrected chi connectivity index (χ2v) is 6.94. The van der Waals surface area contributed by atoms with Crippen LogP contribution in [0.3, 0.4) is 0 Å². The Morgan fingerprint density at radius 2 is 1.58 bits per heavy atom. The molecule has 0 aliphatic rings. The number of aromatic nitrogens is 1. The third kappa shape index (κ3) is 4.40. The Kier molecular flexibility index (Phi) is 5.70. The Balaban J connectivity index is 0.000000177. The summed E-state index contributed by atoms with van der Waals surface area (Å²) in [6.45, 7) is 4.01. The fourth-order valence-electron chi connectivity index (χ4n) is 2.45. The van der Waals surface area contributed by atoms with E-state index >= 15 is 0 Å². The van der Waals surface area contributed by atoms with Gasteiger partial charge in [-0.15, -0.1) is 0 Å². The molecule has 0 amide bonds. The molecule has 1 aromatic heterocycles. The number of hydrogen-bond acceptors (Lipinski definition) is 3. The molecule has 0 saturated carbocycles. The standard InChI is InChI=1S/C12H14N.C7H8O3S/c1-3-11-9-8-10-6-4-5-7-12(10)13(11)2;1-6-2-4-7(5-3-6)11(8,9)10/h4-9H,3H2,1-2H3;2-5H,1H3,(H,8,9,10)/q+1;/p-1. The van der Waals surface area contributed by atoms with E-state index in [2.05, 4.69) is 54.9 Å². The van der Waals surface area contributed by atoms with Crippen LogP contribution in [0.1, 0.15) is 18.2 Å². The lowest BCUT2D eigenvalue weighted by atomic mass is 10.2. The van der Waals surface area contributed by atoms with Gasteiger partial charge < -0.3 is 4.55 Å². The average Bonchev–Trinajstić information content (AvgIpc) is 2.56. The molecule has 0 unspecified atom stereocenters. The van der Waals surface area contributed by atoms with Crippen molar-refractivity contribution in [3.63, 3.8) is 0 Å². The number of nitrogens with zero attached hydrogens (tertiary/aromatic N) is 1. The summed E-state index contributed by atoms with van der Waals surface area (Å²) in [5.74, 6) is 0. The summed E-state index contributed by atoms with van der Waals surface area (Å²) in [6, 6.07) is 18.6. The van der Waals surface area contributed by atoms with Gasteiger partial charge in [-0.3, -0.25) is 0 Å². The Hall–Kier alpha value is -2.24. The highest BCUT2D eigenvalue weighted by Crippen LogP contribution is 2.10. The minimum Gasteiger partial charge on any atom is -0.744 e. The second-order valence-electron chi connectivity index (χ2n) is 5.56. The molecule has 3 rings (SSSR count). The van der Waals surface area contributed by atoms with Crippen LogP contribution < -0.4 is 4.57 Å². The van der Waals surface area contributed by atoms with E-state index in [4.69, 9.17) is 0 Å². The summed E-state index contributed by atoms with van der Waals surface area (Å²) < 4.78 is 33.4. The second kappa shape index (κ2) is 7.55. The minimum atomic E-state index is -4.27.